The van der Waals surface area contributed by atoms with E-state index in [1.54, 1.807) is 6.07 Å². The van der Waals surface area contributed by atoms with Crippen LogP contribution in [-0.4, -0.2) is 17.5 Å². The molecule has 0 aliphatic heterocycles. The minimum Gasteiger partial charge on any atom is -0.434 e. The Morgan fingerprint density at radius 3 is 2.67 bits per heavy atom. The van der Waals surface area contributed by atoms with E-state index in [1.165, 1.54) is 30.3 Å². The fourth-order valence-corrected chi connectivity index (χ4v) is 1.66. The molecule has 2 aromatic rings. The summed E-state index contributed by atoms with van der Waals surface area (Å²) in [6.45, 7) is -2.99. The molecule has 0 bridgehead atoms. The molecule has 0 aliphatic rings. The topological polar surface area (TPSA) is 51.2 Å². The van der Waals surface area contributed by atoms with Gasteiger partial charge in [-0.15, -0.1) is 0 Å². The van der Waals surface area contributed by atoms with Crippen LogP contribution in [0.1, 0.15) is 16.1 Å². The van der Waals surface area contributed by atoms with E-state index in [0.29, 0.717) is 5.56 Å². The number of hydrogen-bond donors (Lipinski definition) is 1. The minimum absolute atomic E-state index is 0.0278. The van der Waals surface area contributed by atoms with Crippen LogP contribution in [0.25, 0.3) is 0 Å². The van der Waals surface area contributed by atoms with E-state index in [-0.39, 0.29) is 18.0 Å². The second-order valence-electron chi connectivity index (χ2n) is 4.01. The van der Waals surface area contributed by atoms with Crippen molar-refractivity contribution in [2.45, 2.75) is 13.2 Å². The van der Waals surface area contributed by atoms with Crippen molar-refractivity contribution in [1.29, 1.82) is 0 Å². The molecule has 0 fully saturated rings. The van der Waals surface area contributed by atoms with Crippen molar-refractivity contribution in [2.24, 2.45) is 0 Å². The standard InChI is InChI=1S/C14H11F3N2O2/c15-12-7-3-5-10(19-12)13(20)18-8-9-4-1-2-6-11(9)21-14(16)17/h1-7,14H,8H2,(H,18,20). The number of nitrogens with zero attached hydrogens (tertiary/aromatic N) is 1. The van der Waals surface area contributed by atoms with Gasteiger partial charge in [-0.1, -0.05) is 24.3 Å². The van der Waals surface area contributed by atoms with Crippen molar-refractivity contribution in [2.75, 3.05) is 0 Å². The van der Waals surface area contributed by atoms with Crippen LogP contribution in [0.5, 0.6) is 5.75 Å². The molecule has 21 heavy (non-hydrogen) atoms. The lowest BCUT2D eigenvalue weighted by Crippen LogP contribution is -2.24. The van der Waals surface area contributed by atoms with Gasteiger partial charge < -0.3 is 10.1 Å². The number of carbonyl (C=O) groups excluding carboxylic acids is 1. The summed E-state index contributed by atoms with van der Waals surface area (Å²) in [7, 11) is 0. The number of rotatable bonds is 5. The number of amides is 1. The number of pyridine rings is 1. The summed E-state index contributed by atoms with van der Waals surface area (Å²) in [6.07, 6.45) is 0. The maximum absolute atomic E-state index is 12.9. The number of aromatic nitrogens is 1. The quantitative estimate of drug-likeness (QED) is 0.863. The van der Waals surface area contributed by atoms with E-state index < -0.39 is 18.5 Å². The highest BCUT2D eigenvalue weighted by Crippen LogP contribution is 2.20. The van der Waals surface area contributed by atoms with Crippen molar-refractivity contribution in [1.82, 2.24) is 10.3 Å². The molecule has 0 saturated carbocycles. The first-order chi connectivity index (χ1) is 10.1. The van der Waals surface area contributed by atoms with Crippen molar-refractivity contribution in [3.8, 4) is 5.75 Å². The molecule has 7 heteroatoms. The van der Waals surface area contributed by atoms with Gasteiger partial charge in [-0.05, 0) is 18.2 Å². The van der Waals surface area contributed by atoms with E-state index in [9.17, 15) is 18.0 Å². The van der Waals surface area contributed by atoms with Gasteiger partial charge in [-0.2, -0.15) is 13.2 Å². The molecule has 1 N–H and O–H groups in total. The zero-order valence-electron chi connectivity index (χ0n) is 10.7. The Hall–Kier alpha value is -2.57. The van der Waals surface area contributed by atoms with Gasteiger partial charge in [0.1, 0.15) is 11.4 Å². The van der Waals surface area contributed by atoms with Crippen LogP contribution in [0.15, 0.2) is 42.5 Å². The van der Waals surface area contributed by atoms with Crippen LogP contribution in [0.3, 0.4) is 0 Å². The summed E-state index contributed by atoms with van der Waals surface area (Å²) < 4.78 is 41.7. The van der Waals surface area contributed by atoms with Gasteiger partial charge >= 0.3 is 6.61 Å². The lowest BCUT2D eigenvalue weighted by molar-refractivity contribution is -0.0504. The monoisotopic (exact) mass is 296 g/mol. The molecule has 0 radical (unpaired) electrons. The number of carbonyl (C=O) groups is 1. The largest absolute Gasteiger partial charge is 0.434 e. The van der Waals surface area contributed by atoms with Crippen molar-refractivity contribution in [3.63, 3.8) is 0 Å². The maximum Gasteiger partial charge on any atom is 0.387 e. The normalized spacial score (nSPS) is 10.5. The lowest BCUT2D eigenvalue weighted by atomic mass is 10.2. The molecule has 1 heterocycles. The number of nitrogens with one attached hydrogen (secondary N) is 1. The Morgan fingerprint density at radius 1 is 1.19 bits per heavy atom. The predicted octanol–water partition coefficient (Wildman–Crippen LogP) is 2.75. The Morgan fingerprint density at radius 2 is 1.95 bits per heavy atom. The summed E-state index contributed by atoms with van der Waals surface area (Å²) in [5.74, 6) is -1.41. The van der Waals surface area contributed by atoms with Crippen LogP contribution in [0.2, 0.25) is 0 Å². The summed E-state index contributed by atoms with van der Waals surface area (Å²) in [5.41, 5.74) is 0.282. The Balaban J connectivity index is 2.04. The number of halogens is 3. The van der Waals surface area contributed by atoms with Crippen molar-refractivity contribution in [3.05, 3.63) is 59.7 Å². The van der Waals surface area contributed by atoms with Gasteiger partial charge in [0.15, 0.2) is 0 Å². The van der Waals surface area contributed by atoms with Gasteiger partial charge in [-0.25, -0.2) is 4.98 Å². The molecule has 1 amide bonds. The van der Waals surface area contributed by atoms with E-state index in [2.05, 4.69) is 15.0 Å². The Labute approximate surface area is 118 Å². The lowest BCUT2D eigenvalue weighted by Gasteiger charge is -2.11. The molecule has 2 rings (SSSR count). The molecular weight excluding hydrogens is 285 g/mol. The fourth-order valence-electron chi connectivity index (χ4n) is 1.66. The van der Waals surface area contributed by atoms with Gasteiger partial charge in [0.25, 0.3) is 5.91 Å². The summed E-state index contributed by atoms with van der Waals surface area (Å²) in [5, 5.41) is 2.46. The molecule has 0 atom stereocenters. The molecule has 0 aliphatic carbocycles. The number of alkyl halides is 2. The smallest absolute Gasteiger partial charge is 0.387 e. The molecule has 1 aromatic carbocycles. The van der Waals surface area contributed by atoms with Gasteiger partial charge in [0.05, 0.1) is 0 Å². The van der Waals surface area contributed by atoms with Crippen LogP contribution >= 0.6 is 0 Å². The number of benzene rings is 1. The van der Waals surface area contributed by atoms with Gasteiger partial charge in [0.2, 0.25) is 5.95 Å². The van der Waals surface area contributed by atoms with E-state index in [4.69, 9.17) is 0 Å². The van der Waals surface area contributed by atoms with E-state index in [0.717, 1.165) is 6.07 Å². The van der Waals surface area contributed by atoms with Crippen molar-refractivity contribution >= 4 is 5.91 Å². The van der Waals surface area contributed by atoms with E-state index >= 15 is 0 Å². The molecule has 0 unspecified atom stereocenters. The number of ether oxygens (including phenoxy) is 1. The van der Waals surface area contributed by atoms with Crippen LogP contribution in [-0.2, 0) is 6.54 Å². The van der Waals surface area contributed by atoms with Gasteiger partial charge in [0, 0.05) is 12.1 Å². The highest BCUT2D eigenvalue weighted by molar-refractivity contribution is 5.92. The van der Waals surface area contributed by atoms with Crippen molar-refractivity contribution < 1.29 is 22.7 Å². The second kappa shape index (κ2) is 6.74. The molecule has 0 spiro atoms. The van der Waals surface area contributed by atoms with E-state index in [1.807, 2.05) is 0 Å². The third-order valence-electron chi connectivity index (χ3n) is 2.58. The predicted molar refractivity (Wildman–Crippen MR) is 68.4 cm³/mol. The molecule has 1 aromatic heterocycles. The first-order valence-electron chi connectivity index (χ1n) is 6.00. The third kappa shape index (κ3) is 4.20. The zero-order chi connectivity index (χ0) is 15.2. The molecule has 110 valence electrons. The average molecular weight is 296 g/mol. The fraction of sp³-hybridized carbons (Fsp3) is 0.143. The Kier molecular flexibility index (Phi) is 4.76. The highest BCUT2D eigenvalue weighted by atomic mass is 19.3. The zero-order valence-corrected chi connectivity index (χ0v) is 10.7. The first-order valence-corrected chi connectivity index (χ1v) is 6.00. The number of para-hydroxylation sites is 1. The van der Waals surface area contributed by atoms with Crippen LogP contribution < -0.4 is 10.1 Å². The van der Waals surface area contributed by atoms with Gasteiger partial charge in [-0.3, -0.25) is 4.79 Å². The van der Waals surface area contributed by atoms with Crippen LogP contribution in [0.4, 0.5) is 13.2 Å². The highest BCUT2D eigenvalue weighted by Gasteiger charge is 2.12. The minimum atomic E-state index is -2.95. The summed E-state index contributed by atoms with van der Waals surface area (Å²) >= 11 is 0. The second-order valence-corrected chi connectivity index (χ2v) is 4.01. The van der Waals surface area contributed by atoms with Crippen LogP contribution in [0, 0.1) is 5.95 Å². The summed E-state index contributed by atoms with van der Waals surface area (Å²) in [6, 6.07) is 9.89. The Bertz CT molecular complexity index is 635. The molecule has 0 saturated heterocycles. The molecule has 4 nitrogen and oxygen atoms in total. The summed E-state index contributed by atoms with van der Waals surface area (Å²) in [4.78, 5) is 15.2. The first kappa shape index (κ1) is 14.8. The SMILES string of the molecule is O=C(NCc1ccccc1OC(F)F)c1cccc(F)n1. The third-order valence-corrected chi connectivity index (χ3v) is 2.58. The maximum atomic E-state index is 12.9. The average Bonchev–Trinajstić information content (AvgIpc) is 2.45. The molecular formula is C14H11F3N2O2. The number of hydrogen-bond acceptors (Lipinski definition) is 3.